The number of nitrogens with one attached hydrogen (secondary N) is 1. The molecule has 6 heteroatoms. The Hall–Kier alpha value is -2.08. The van der Waals surface area contributed by atoms with Crippen LogP contribution in [0.2, 0.25) is 0 Å². The molecule has 2 heterocycles. The Morgan fingerprint density at radius 2 is 2.31 bits per heavy atom. The van der Waals surface area contributed by atoms with Gasteiger partial charge < -0.3 is 10.3 Å². The number of fused-ring (bicyclic) bond motifs is 1. The maximum absolute atomic E-state index is 5.82. The number of aryl methyl sites for hydroxylation is 1. The normalized spacial score (nSPS) is 11.4. The van der Waals surface area contributed by atoms with Gasteiger partial charge in [-0.15, -0.1) is 0 Å². The van der Waals surface area contributed by atoms with Gasteiger partial charge in [0.15, 0.2) is 0 Å². The molecule has 3 N–H and O–H groups in total. The quantitative estimate of drug-likeness (QED) is 0.742. The van der Waals surface area contributed by atoms with Crippen LogP contribution in [-0.2, 0) is 11.9 Å². The molecule has 0 saturated carbocycles. The summed E-state index contributed by atoms with van der Waals surface area (Å²) in [4.78, 5) is 12.9. The largest absolute Gasteiger partial charge is 0.383 e. The lowest BCUT2D eigenvalue weighted by atomic mass is 10.2. The Balaban J connectivity index is 2.53. The zero-order valence-corrected chi connectivity index (χ0v) is 9.14. The fourth-order valence-electron chi connectivity index (χ4n) is 1.59. The summed E-state index contributed by atoms with van der Waals surface area (Å²) in [6.07, 6.45) is 6.93. The van der Waals surface area contributed by atoms with Crippen LogP contribution in [0.4, 0.5) is 5.82 Å². The van der Waals surface area contributed by atoms with Crippen LogP contribution >= 0.6 is 0 Å². The van der Waals surface area contributed by atoms with E-state index in [0.717, 1.165) is 16.6 Å². The molecular formula is C10H13N5O. The predicted molar refractivity (Wildman–Crippen MR) is 62.1 cm³/mol. The van der Waals surface area contributed by atoms with Gasteiger partial charge in [0.25, 0.3) is 0 Å². The van der Waals surface area contributed by atoms with Gasteiger partial charge in [0.1, 0.15) is 17.8 Å². The average Bonchev–Trinajstić information content (AvgIpc) is 2.58. The van der Waals surface area contributed by atoms with Crippen molar-refractivity contribution in [1.29, 1.82) is 0 Å². The Morgan fingerprint density at radius 3 is 3.06 bits per heavy atom. The number of aromatic nitrogens is 3. The number of anilines is 1. The number of hydroxylamine groups is 1. The summed E-state index contributed by atoms with van der Waals surface area (Å²) in [7, 11) is 3.46. The lowest BCUT2D eigenvalue weighted by molar-refractivity contribution is 0.129. The van der Waals surface area contributed by atoms with Gasteiger partial charge in [-0.25, -0.2) is 9.97 Å². The summed E-state index contributed by atoms with van der Waals surface area (Å²) in [5.41, 5.74) is 10.2. The third-order valence-corrected chi connectivity index (χ3v) is 2.26. The van der Waals surface area contributed by atoms with Crippen LogP contribution < -0.4 is 11.2 Å². The van der Waals surface area contributed by atoms with Crippen LogP contribution in [0, 0.1) is 0 Å². The molecule has 0 saturated heterocycles. The molecule has 2 aromatic rings. The Morgan fingerprint density at radius 1 is 1.50 bits per heavy atom. The lowest BCUT2D eigenvalue weighted by Crippen LogP contribution is -1.99. The van der Waals surface area contributed by atoms with Gasteiger partial charge in [-0.2, -0.15) is 0 Å². The summed E-state index contributed by atoms with van der Waals surface area (Å²) in [6, 6.07) is 0. The number of hydrogen-bond acceptors (Lipinski definition) is 5. The van der Waals surface area contributed by atoms with Crippen molar-refractivity contribution in [3.63, 3.8) is 0 Å². The minimum atomic E-state index is 0.475. The molecule has 0 unspecified atom stereocenters. The van der Waals surface area contributed by atoms with E-state index in [9.17, 15) is 0 Å². The van der Waals surface area contributed by atoms with Gasteiger partial charge >= 0.3 is 0 Å². The number of rotatable bonds is 3. The standard InChI is InChI=1S/C10H13N5O/c1-15-5-7(3-4-14-16-2)8-9(11)12-6-13-10(8)15/h3-6,14H,1-2H3,(H2,11,12,13)/b4-3+. The van der Waals surface area contributed by atoms with Crippen LogP contribution in [0.5, 0.6) is 0 Å². The van der Waals surface area contributed by atoms with Crippen LogP contribution in [0.15, 0.2) is 18.7 Å². The van der Waals surface area contributed by atoms with Crippen molar-refractivity contribution >= 4 is 22.9 Å². The maximum atomic E-state index is 5.82. The van der Waals surface area contributed by atoms with Crippen molar-refractivity contribution < 1.29 is 4.84 Å². The predicted octanol–water partition coefficient (Wildman–Crippen LogP) is 0.672. The molecule has 6 nitrogen and oxygen atoms in total. The summed E-state index contributed by atoms with van der Waals surface area (Å²) >= 11 is 0. The van der Waals surface area contributed by atoms with Crippen molar-refractivity contribution in [3.8, 4) is 0 Å². The third kappa shape index (κ3) is 1.70. The zero-order valence-electron chi connectivity index (χ0n) is 9.14. The highest BCUT2D eigenvalue weighted by Crippen LogP contribution is 2.23. The number of nitrogens with two attached hydrogens (primary N) is 1. The molecule has 2 rings (SSSR count). The molecule has 0 radical (unpaired) electrons. The molecule has 0 amide bonds. The fourth-order valence-corrected chi connectivity index (χ4v) is 1.59. The molecular weight excluding hydrogens is 206 g/mol. The lowest BCUT2D eigenvalue weighted by Gasteiger charge is -1.97. The van der Waals surface area contributed by atoms with E-state index in [2.05, 4.69) is 15.4 Å². The molecule has 0 atom stereocenters. The van der Waals surface area contributed by atoms with Gasteiger partial charge in [-0.1, -0.05) is 0 Å². The summed E-state index contributed by atoms with van der Waals surface area (Å²) in [5.74, 6) is 0.475. The van der Waals surface area contributed by atoms with E-state index in [1.54, 1.807) is 13.3 Å². The Kier molecular flexibility index (Phi) is 2.74. The van der Waals surface area contributed by atoms with Gasteiger partial charge in [0.05, 0.1) is 12.5 Å². The summed E-state index contributed by atoms with van der Waals surface area (Å²) < 4.78 is 1.90. The highest BCUT2D eigenvalue weighted by molar-refractivity contribution is 5.94. The second kappa shape index (κ2) is 4.19. The first kappa shape index (κ1) is 10.4. The first-order valence-corrected chi connectivity index (χ1v) is 4.74. The fraction of sp³-hybridized carbons (Fsp3) is 0.200. The summed E-state index contributed by atoms with van der Waals surface area (Å²) in [5, 5.41) is 0.846. The van der Waals surface area contributed by atoms with Gasteiger partial charge in [-0.05, 0) is 6.08 Å². The van der Waals surface area contributed by atoms with Gasteiger partial charge in [0, 0.05) is 25.0 Å². The van der Waals surface area contributed by atoms with Gasteiger partial charge in [0.2, 0.25) is 0 Å². The van der Waals surface area contributed by atoms with Crippen molar-refractivity contribution in [2.75, 3.05) is 12.8 Å². The van der Waals surface area contributed by atoms with E-state index in [0.29, 0.717) is 5.82 Å². The van der Waals surface area contributed by atoms with E-state index in [1.165, 1.54) is 6.33 Å². The molecule has 0 fully saturated rings. The van der Waals surface area contributed by atoms with Crippen LogP contribution in [0.25, 0.3) is 17.1 Å². The molecule has 2 aromatic heterocycles. The first-order valence-electron chi connectivity index (χ1n) is 4.74. The minimum absolute atomic E-state index is 0.475. The summed E-state index contributed by atoms with van der Waals surface area (Å²) in [6.45, 7) is 0. The number of nitrogens with zero attached hydrogens (tertiary/aromatic N) is 3. The van der Waals surface area contributed by atoms with Crippen molar-refractivity contribution in [1.82, 2.24) is 20.0 Å². The number of nitrogen functional groups attached to an aromatic ring is 1. The van der Waals surface area contributed by atoms with Crippen molar-refractivity contribution in [3.05, 3.63) is 24.3 Å². The first-order chi connectivity index (χ1) is 7.74. The van der Waals surface area contributed by atoms with Crippen molar-refractivity contribution in [2.24, 2.45) is 7.05 Å². The topological polar surface area (TPSA) is 78.0 Å². The van der Waals surface area contributed by atoms with E-state index >= 15 is 0 Å². The van der Waals surface area contributed by atoms with E-state index in [-0.39, 0.29) is 0 Å². The van der Waals surface area contributed by atoms with Crippen molar-refractivity contribution in [2.45, 2.75) is 0 Å². The molecule has 84 valence electrons. The molecule has 0 aliphatic rings. The van der Waals surface area contributed by atoms with E-state index in [1.807, 2.05) is 23.9 Å². The maximum Gasteiger partial charge on any atom is 0.145 e. The highest BCUT2D eigenvalue weighted by atomic mass is 16.6. The average molecular weight is 219 g/mol. The molecule has 16 heavy (non-hydrogen) atoms. The monoisotopic (exact) mass is 219 g/mol. The van der Waals surface area contributed by atoms with Gasteiger partial charge in [-0.3, -0.25) is 10.3 Å². The molecule has 0 bridgehead atoms. The van der Waals surface area contributed by atoms with E-state index in [4.69, 9.17) is 10.6 Å². The molecule has 0 spiro atoms. The van der Waals surface area contributed by atoms with Crippen LogP contribution in [-0.4, -0.2) is 21.6 Å². The van der Waals surface area contributed by atoms with Crippen LogP contribution in [0.1, 0.15) is 5.56 Å². The molecule has 0 aliphatic carbocycles. The van der Waals surface area contributed by atoms with E-state index < -0.39 is 0 Å². The van der Waals surface area contributed by atoms with Crippen LogP contribution in [0.3, 0.4) is 0 Å². The second-order valence-electron chi connectivity index (χ2n) is 3.31. The minimum Gasteiger partial charge on any atom is -0.383 e. The highest BCUT2D eigenvalue weighted by Gasteiger charge is 2.08. The smallest absolute Gasteiger partial charge is 0.145 e. The SMILES string of the molecule is CON/C=C/c1cn(C)c2ncnc(N)c12. The second-order valence-corrected chi connectivity index (χ2v) is 3.31. The molecule has 0 aliphatic heterocycles. The Bertz CT molecular complexity index is 531. The number of hydrogen-bond donors (Lipinski definition) is 2. The Labute approximate surface area is 92.7 Å². The third-order valence-electron chi connectivity index (χ3n) is 2.26. The zero-order chi connectivity index (χ0) is 11.5. The molecule has 0 aromatic carbocycles.